The Balaban J connectivity index is 3.31. The Kier molecular flexibility index (Phi) is 4.66. The first kappa shape index (κ1) is 15.6. The minimum absolute atomic E-state index is 0.0312. The molecule has 104 valence electrons. The van der Waals surface area contributed by atoms with Gasteiger partial charge in [-0.05, 0) is 24.1 Å². The van der Waals surface area contributed by atoms with Crippen LogP contribution >= 0.6 is 11.6 Å². The molecule has 0 aliphatic heterocycles. The standard InChI is InChI=1S/C13H13ClF2O3/c1-3-19-11(17)9(2)12(18,13(14,15)16)10-7-5-4-6-8-10/h4-8,18H,2-3H2,1H3. The van der Waals surface area contributed by atoms with Crippen molar-refractivity contribution < 1.29 is 23.4 Å². The van der Waals surface area contributed by atoms with E-state index in [0.29, 0.717) is 0 Å². The van der Waals surface area contributed by atoms with Crippen LogP contribution < -0.4 is 0 Å². The van der Waals surface area contributed by atoms with Crippen molar-refractivity contribution in [3.63, 3.8) is 0 Å². The van der Waals surface area contributed by atoms with E-state index in [2.05, 4.69) is 11.3 Å². The topological polar surface area (TPSA) is 46.5 Å². The number of alkyl halides is 3. The summed E-state index contributed by atoms with van der Waals surface area (Å²) in [4.78, 5) is 11.5. The van der Waals surface area contributed by atoms with Crippen LogP contribution in [-0.4, -0.2) is 23.1 Å². The molecule has 0 saturated heterocycles. The number of rotatable bonds is 5. The second kappa shape index (κ2) is 5.67. The van der Waals surface area contributed by atoms with Gasteiger partial charge in [-0.1, -0.05) is 36.9 Å². The Morgan fingerprint density at radius 3 is 2.37 bits per heavy atom. The first-order chi connectivity index (χ1) is 8.75. The molecule has 1 unspecified atom stereocenters. The van der Waals surface area contributed by atoms with Crippen LogP contribution in [0.5, 0.6) is 0 Å². The second-order valence-corrected chi connectivity index (χ2v) is 4.25. The number of hydrogen-bond donors (Lipinski definition) is 1. The van der Waals surface area contributed by atoms with Crippen LogP contribution in [0.4, 0.5) is 8.78 Å². The largest absolute Gasteiger partial charge is 0.463 e. The Morgan fingerprint density at radius 1 is 1.42 bits per heavy atom. The summed E-state index contributed by atoms with van der Waals surface area (Å²) in [5.74, 6) is -1.13. The lowest BCUT2D eigenvalue weighted by molar-refractivity contribution is -0.150. The fraction of sp³-hybridized carbons (Fsp3) is 0.308. The lowest BCUT2D eigenvalue weighted by atomic mass is 9.87. The summed E-state index contributed by atoms with van der Waals surface area (Å²) in [6, 6.07) is 6.88. The minimum Gasteiger partial charge on any atom is -0.463 e. The van der Waals surface area contributed by atoms with E-state index < -0.39 is 22.5 Å². The van der Waals surface area contributed by atoms with Crippen LogP contribution in [0.3, 0.4) is 0 Å². The third-order valence-electron chi connectivity index (χ3n) is 2.56. The van der Waals surface area contributed by atoms with Crippen LogP contribution in [0.1, 0.15) is 12.5 Å². The molecule has 0 bridgehead atoms. The monoisotopic (exact) mass is 290 g/mol. The molecule has 0 saturated carbocycles. The zero-order chi connectivity index (χ0) is 14.7. The molecule has 3 nitrogen and oxygen atoms in total. The molecule has 0 aliphatic rings. The summed E-state index contributed by atoms with van der Waals surface area (Å²) in [6.07, 6.45) is 0. The van der Waals surface area contributed by atoms with Gasteiger partial charge in [0, 0.05) is 0 Å². The van der Waals surface area contributed by atoms with Crippen molar-refractivity contribution in [3.8, 4) is 0 Å². The molecule has 6 heteroatoms. The molecule has 0 fully saturated rings. The highest BCUT2D eigenvalue weighted by Gasteiger charge is 2.57. The fourth-order valence-corrected chi connectivity index (χ4v) is 1.78. The van der Waals surface area contributed by atoms with E-state index in [4.69, 9.17) is 11.6 Å². The molecule has 19 heavy (non-hydrogen) atoms. The van der Waals surface area contributed by atoms with Crippen molar-refractivity contribution in [2.75, 3.05) is 6.61 Å². The van der Waals surface area contributed by atoms with Gasteiger partial charge in [-0.3, -0.25) is 0 Å². The van der Waals surface area contributed by atoms with Gasteiger partial charge >= 0.3 is 11.4 Å². The van der Waals surface area contributed by atoms with Gasteiger partial charge in [0.05, 0.1) is 12.2 Å². The van der Waals surface area contributed by atoms with Crippen molar-refractivity contribution in [2.45, 2.75) is 17.9 Å². The van der Waals surface area contributed by atoms with Crippen molar-refractivity contribution in [2.24, 2.45) is 0 Å². The number of carbonyl (C=O) groups excluding carboxylic acids is 1. The Labute approximate surface area is 114 Å². The predicted molar refractivity (Wildman–Crippen MR) is 66.9 cm³/mol. The zero-order valence-corrected chi connectivity index (χ0v) is 11.0. The summed E-state index contributed by atoms with van der Waals surface area (Å²) in [5, 5.41) is 6.09. The van der Waals surface area contributed by atoms with Crippen LogP contribution in [0.15, 0.2) is 42.5 Å². The maximum absolute atomic E-state index is 13.6. The van der Waals surface area contributed by atoms with E-state index in [1.165, 1.54) is 31.2 Å². The van der Waals surface area contributed by atoms with Gasteiger partial charge in [-0.25, -0.2) is 4.79 Å². The Hall–Kier alpha value is -1.46. The second-order valence-electron chi connectivity index (χ2n) is 3.77. The van der Waals surface area contributed by atoms with Crippen molar-refractivity contribution in [1.82, 2.24) is 0 Å². The quantitative estimate of drug-likeness (QED) is 0.515. The lowest BCUT2D eigenvalue weighted by Crippen LogP contribution is -2.45. The molecule has 0 radical (unpaired) electrons. The third kappa shape index (κ3) is 2.93. The number of benzene rings is 1. The van der Waals surface area contributed by atoms with Gasteiger partial charge in [0.25, 0.3) is 0 Å². The molecule has 0 heterocycles. The van der Waals surface area contributed by atoms with Gasteiger partial charge in [0.15, 0.2) is 5.60 Å². The normalized spacial score (nSPS) is 14.6. The molecule has 0 aliphatic carbocycles. The highest BCUT2D eigenvalue weighted by atomic mass is 35.5. The van der Waals surface area contributed by atoms with Crippen LogP contribution in [0, 0.1) is 0 Å². The maximum atomic E-state index is 13.6. The average molecular weight is 291 g/mol. The third-order valence-corrected chi connectivity index (χ3v) is 2.83. The van der Waals surface area contributed by atoms with Crippen molar-refractivity contribution in [1.29, 1.82) is 0 Å². The number of esters is 1. The molecule has 1 aromatic rings. The summed E-state index contributed by atoms with van der Waals surface area (Å²) in [7, 11) is 0. The smallest absolute Gasteiger partial charge is 0.358 e. The first-order valence-corrected chi connectivity index (χ1v) is 5.84. The predicted octanol–water partition coefficient (Wildman–Crippen LogP) is 2.83. The Bertz CT molecular complexity index is 471. The highest BCUT2D eigenvalue weighted by molar-refractivity contribution is 6.23. The van der Waals surface area contributed by atoms with Gasteiger partial charge in [-0.15, -0.1) is 0 Å². The molecule has 0 amide bonds. The first-order valence-electron chi connectivity index (χ1n) is 5.46. The summed E-state index contributed by atoms with van der Waals surface area (Å²) in [5.41, 5.74) is -4.09. The van der Waals surface area contributed by atoms with E-state index >= 15 is 0 Å². The SMILES string of the molecule is C=C(C(=O)OCC)C(O)(c1ccccc1)C(F)(F)Cl. The van der Waals surface area contributed by atoms with Crippen LogP contribution in [0.2, 0.25) is 0 Å². The number of halogens is 3. The van der Waals surface area contributed by atoms with E-state index in [1.54, 1.807) is 6.07 Å². The van der Waals surface area contributed by atoms with Crippen molar-refractivity contribution >= 4 is 17.6 Å². The lowest BCUT2D eigenvalue weighted by Gasteiger charge is -2.32. The van der Waals surface area contributed by atoms with Gasteiger partial charge in [-0.2, -0.15) is 8.78 Å². The summed E-state index contributed by atoms with van der Waals surface area (Å²) < 4.78 is 31.7. The van der Waals surface area contributed by atoms with E-state index in [1.807, 2.05) is 0 Å². The summed E-state index contributed by atoms with van der Waals surface area (Å²) >= 11 is 4.96. The molecule has 1 aromatic carbocycles. The highest BCUT2D eigenvalue weighted by Crippen LogP contribution is 2.45. The van der Waals surface area contributed by atoms with Crippen molar-refractivity contribution in [3.05, 3.63) is 48.0 Å². The van der Waals surface area contributed by atoms with E-state index in [9.17, 15) is 18.7 Å². The molecular weight excluding hydrogens is 278 g/mol. The van der Waals surface area contributed by atoms with E-state index in [-0.39, 0.29) is 12.2 Å². The maximum Gasteiger partial charge on any atom is 0.358 e. The molecule has 0 aromatic heterocycles. The molecule has 1 N–H and O–H groups in total. The van der Waals surface area contributed by atoms with Crippen LogP contribution in [0.25, 0.3) is 0 Å². The van der Waals surface area contributed by atoms with E-state index in [0.717, 1.165) is 0 Å². The molecular formula is C13H13ClF2O3. The minimum atomic E-state index is -4.11. The molecule has 1 rings (SSSR count). The van der Waals surface area contributed by atoms with Gasteiger partial charge in [0.2, 0.25) is 0 Å². The van der Waals surface area contributed by atoms with Gasteiger partial charge in [0.1, 0.15) is 0 Å². The average Bonchev–Trinajstić information content (AvgIpc) is 2.37. The zero-order valence-electron chi connectivity index (χ0n) is 10.2. The Morgan fingerprint density at radius 2 is 1.95 bits per heavy atom. The number of ether oxygens (including phenoxy) is 1. The number of aliphatic hydroxyl groups is 1. The summed E-state index contributed by atoms with van der Waals surface area (Å²) in [6.45, 7) is 4.67. The number of hydrogen-bond acceptors (Lipinski definition) is 3. The number of carbonyl (C=O) groups is 1. The fourth-order valence-electron chi connectivity index (χ4n) is 1.55. The van der Waals surface area contributed by atoms with Crippen LogP contribution in [-0.2, 0) is 15.1 Å². The molecule has 1 atom stereocenters. The molecule has 0 spiro atoms. The van der Waals surface area contributed by atoms with Gasteiger partial charge < -0.3 is 9.84 Å².